The van der Waals surface area contributed by atoms with Gasteiger partial charge >= 0.3 is 0 Å². The lowest BCUT2D eigenvalue weighted by Crippen LogP contribution is -2.27. The SMILES string of the molecule is CC(C)CCOCCNC(=O)c1ccc(F)nc1. The second-order valence-corrected chi connectivity index (χ2v) is 4.42. The Morgan fingerprint density at radius 1 is 1.44 bits per heavy atom. The molecule has 1 N–H and O–H groups in total. The molecule has 0 radical (unpaired) electrons. The number of hydrogen-bond acceptors (Lipinski definition) is 3. The molecule has 18 heavy (non-hydrogen) atoms. The van der Waals surface area contributed by atoms with Crippen molar-refractivity contribution >= 4 is 5.91 Å². The van der Waals surface area contributed by atoms with Crippen molar-refractivity contribution in [2.45, 2.75) is 20.3 Å². The van der Waals surface area contributed by atoms with E-state index in [9.17, 15) is 9.18 Å². The molecule has 0 aromatic carbocycles. The minimum absolute atomic E-state index is 0.269. The predicted molar refractivity (Wildman–Crippen MR) is 66.8 cm³/mol. The normalized spacial score (nSPS) is 10.7. The number of nitrogens with one attached hydrogen (secondary N) is 1. The Labute approximate surface area is 107 Å². The summed E-state index contributed by atoms with van der Waals surface area (Å²) in [4.78, 5) is 15.0. The molecule has 0 fully saturated rings. The third-order valence-corrected chi connectivity index (χ3v) is 2.36. The zero-order valence-electron chi connectivity index (χ0n) is 10.8. The van der Waals surface area contributed by atoms with Gasteiger partial charge in [0.2, 0.25) is 5.95 Å². The van der Waals surface area contributed by atoms with Crippen molar-refractivity contribution in [1.82, 2.24) is 10.3 Å². The Balaban J connectivity index is 2.16. The largest absolute Gasteiger partial charge is 0.380 e. The molecule has 0 aliphatic carbocycles. The highest BCUT2D eigenvalue weighted by Crippen LogP contribution is 1.99. The number of halogens is 1. The van der Waals surface area contributed by atoms with Crippen LogP contribution in [0.3, 0.4) is 0 Å². The van der Waals surface area contributed by atoms with Gasteiger partial charge in [-0.25, -0.2) is 4.98 Å². The van der Waals surface area contributed by atoms with E-state index in [1.807, 2.05) is 0 Å². The van der Waals surface area contributed by atoms with Gasteiger partial charge in [0.15, 0.2) is 0 Å². The van der Waals surface area contributed by atoms with Crippen LogP contribution in [0.4, 0.5) is 4.39 Å². The minimum Gasteiger partial charge on any atom is -0.380 e. The van der Waals surface area contributed by atoms with E-state index in [1.54, 1.807) is 0 Å². The van der Waals surface area contributed by atoms with Gasteiger partial charge < -0.3 is 10.1 Å². The van der Waals surface area contributed by atoms with Crippen LogP contribution in [0.1, 0.15) is 30.6 Å². The number of carbonyl (C=O) groups is 1. The molecule has 0 aliphatic rings. The number of carbonyl (C=O) groups excluding carboxylic acids is 1. The van der Waals surface area contributed by atoms with E-state index in [2.05, 4.69) is 24.1 Å². The first-order valence-corrected chi connectivity index (χ1v) is 6.07. The molecule has 0 bridgehead atoms. The second-order valence-electron chi connectivity index (χ2n) is 4.42. The van der Waals surface area contributed by atoms with Gasteiger partial charge in [0.1, 0.15) is 0 Å². The van der Waals surface area contributed by atoms with E-state index in [0.29, 0.717) is 31.2 Å². The van der Waals surface area contributed by atoms with Crippen molar-refractivity contribution < 1.29 is 13.9 Å². The maximum Gasteiger partial charge on any atom is 0.252 e. The van der Waals surface area contributed by atoms with E-state index < -0.39 is 5.95 Å². The molecule has 0 saturated carbocycles. The molecule has 1 heterocycles. The molecule has 1 aromatic heterocycles. The van der Waals surface area contributed by atoms with Crippen LogP contribution in [0.2, 0.25) is 0 Å². The van der Waals surface area contributed by atoms with Crippen LogP contribution in [0, 0.1) is 11.9 Å². The van der Waals surface area contributed by atoms with Gasteiger partial charge in [-0.1, -0.05) is 13.8 Å². The number of hydrogen-bond donors (Lipinski definition) is 1. The summed E-state index contributed by atoms with van der Waals surface area (Å²) >= 11 is 0. The lowest BCUT2D eigenvalue weighted by atomic mass is 10.1. The fourth-order valence-corrected chi connectivity index (χ4v) is 1.27. The van der Waals surface area contributed by atoms with Gasteiger partial charge in [-0.15, -0.1) is 0 Å². The molecule has 0 spiro atoms. The van der Waals surface area contributed by atoms with E-state index in [4.69, 9.17) is 4.74 Å². The van der Waals surface area contributed by atoms with Crippen LogP contribution in [-0.4, -0.2) is 30.6 Å². The molecular formula is C13H19FN2O2. The maximum absolute atomic E-state index is 12.5. The molecule has 5 heteroatoms. The Kier molecular flexibility index (Phi) is 6.28. The molecule has 1 rings (SSSR count). The monoisotopic (exact) mass is 254 g/mol. The lowest BCUT2D eigenvalue weighted by molar-refractivity contribution is 0.0905. The van der Waals surface area contributed by atoms with E-state index in [1.165, 1.54) is 12.3 Å². The first kappa shape index (κ1) is 14.6. The van der Waals surface area contributed by atoms with Crippen molar-refractivity contribution in [3.05, 3.63) is 29.8 Å². The zero-order chi connectivity index (χ0) is 13.4. The van der Waals surface area contributed by atoms with Crippen LogP contribution < -0.4 is 5.32 Å². The van der Waals surface area contributed by atoms with Crippen molar-refractivity contribution in [3.63, 3.8) is 0 Å². The smallest absolute Gasteiger partial charge is 0.252 e. The highest BCUT2D eigenvalue weighted by Gasteiger charge is 2.05. The number of ether oxygens (including phenoxy) is 1. The summed E-state index contributed by atoms with van der Waals surface area (Å²) in [6.45, 7) is 5.88. The van der Waals surface area contributed by atoms with Crippen molar-refractivity contribution in [1.29, 1.82) is 0 Å². The van der Waals surface area contributed by atoms with Gasteiger partial charge in [0.05, 0.1) is 12.2 Å². The highest BCUT2D eigenvalue weighted by atomic mass is 19.1. The molecule has 0 atom stereocenters. The zero-order valence-corrected chi connectivity index (χ0v) is 10.8. The van der Waals surface area contributed by atoms with Crippen molar-refractivity contribution in [2.24, 2.45) is 5.92 Å². The van der Waals surface area contributed by atoms with Gasteiger partial charge in [-0.05, 0) is 24.5 Å². The fourth-order valence-electron chi connectivity index (χ4n) is 1.27. The lowest BCUT2D eigenvalue weighted by Gasteiger charge is -2.07. The first-order chi connectivity index (χ1) is 8.59. The average Bonchev–Trinajstić information content (AvgIpc) is 2.34. The van der Waals surface area contributed by atoms with E-state index in [0.717, 1.165) is 12.5 Å². The molecule has 1 amide bonds. The minimum atomic E-state index is -0.594. The van der Waals surface area contributed by atoms with Crippen LogP contribution in [0.25, 0.3) is 0 Å². The van der Waals surface area contributed by atoms with Gasteiger partial charge in [-0.3, -0.25) is 4.79 Å². The summed E-state index contributed by atoms with van der Waals surface area (Å²) in [5.74, 6) is -0.247. The number of rotatable bonds is 7. The summed E-state index contributed by atoms with van der Waals surface area (Å²) < 4.78 is 17.9. The molecular weight excluding hydrogens is 235 g/mol. The molecule has 0 unspecified atom stereocenters. The van der Waals surface area contributed by atoms with Gasteiger partial charge in [0.25, 0.3) is 5.91 Å². The summed E-state index contributed by atoms with van der Waals surface area (Å²) in [6.07, 6.45) is 2.22. The topological polar surface area (TPSA) is 51.2 Å². The second kappa shape index (κ2) is 7.76. The third-order valence-electron chi connectivity index (χ3n) is 2.36. The highest BCUT2D eigenvalue weighted by molar-refractivity contribution is 5.93. The Morgan fingerprint density at radius 3 is 2.83 bits per heavy atom. The summed E-state index contributed by atoms with van der Waals surface area (Å²) in [6, 6.07) is 2.56. The standard InChI is InChI=1S/C13H19FN2O2/c1-10(2)5-7-18-8-6-15-13(17)11-3-4-12(14)16-9-11/h3-4,9-10H,5-8H2,1-2H3,(H,15,17). The van der Waals surface area contributed by atoms with Crippen LogP contribution in [0.15, 0.2) is 18.3 Å². The Morgan fingerprint density at radius 2 is 2.22 bits per heavy atom. The number of amides is 1. The first-order valence-electron chi connectivity index (χ1n) is 6.07. The van der Waals surface area contributed by atoms with Crippen LogP contribution >= 0.6 is 0 Å². The van der Waals surface area contributed by atoms with Crippen molar-refractivity contribution in [3.8, 4) is 0 Å². The number of nitrogens with zero attached hydrogens (tertiary/aromatic N) is 1. The van der Waals surface area contributed by atoms with Crippen LogP contribution in [-0.2, 0) is 4.74 Å². The Hall–Kier alpha value is -1.49. The summed E-state index contributed by atoms with van der Waals surface area (Å²) in [7, 11) is 0. The number of aromatic nitrogens is 1. The van der Waals surface area contributed by atoms with E-state index in [-0.39, 0.29) is 5.91 Å². The van der Waals surface area contributed by atoms with E-state index >= 15 is 0 Å². The van der Waals surface area contributed by atoms with Crippen LogP contribution in [0.5, 0.6) is 0 Å². The third kappa shape index (κ3) is 5.72. The number of pyridine rings is 1. The molecule has 4 nitrogen and oxygen atoms in total. The molecule has 100 valence electrons. The van der Waals surface area contributed by atoms with Gasteiger partial charge in [0, 0.05) is 19.3 Å². The summed E-state index contributed by atoms with van der Waals surface area (Å²) in [5, 5.41) is 2.68. The maximum atomic E-state index is 12.5. The summed E-state index contributed by atoms with van der Waals surface area (Å²) in [5.41, 5.74) is 0.346. The fraction of sp³-hybridized carbons (Fsp3) is 0.538. The molecule has 0 saturated heterocycles. The average molecular weight is 254 g/mol. The molecule has 1 aromatic rings. The predicted octanol–water partition coefficient (Wildman–Crippen LogP) is 2.01. The van der Waals surface area contributed by atoms with Gasteiger partial charge in [-0.2, -0.15) is 4.39 Å². The van der Waals surface area contributed by atoms with Crippen molar-refractivity contribution in [2.75, 3.05) is 19.8 Å². The quantitative estimate of drug-likeness (QED) is 0.598. The molecule has 0 aliphatic heterocycles. The Bertz CT molecular complexity index is 366.